The first-order chi connectivity index (χ1) is 11.5. The van der Waals surface area contributed by atoms with Crippen molar-refractivity contribution in [3.05, 3.63) is 23.8 Å². The smallest absolute Gasteiger partial charge is 0.387 e. The van der Waals surface area contributed by atoms with Crippen LogP contribution in [0.3, 0.4) is 0 Å². The third-order valence-electron chi connectivity index (χ3n) is 3.98. The Morgan fingerprint density at radius 2 is 2.08 bits per heavy atom. The van der Waals surface area contributed by atoms with Crippen molar-refractivity contribution in [1.29, 1.82) is 0 Å². The largest absolute Gasteiger partial charge is 0.434 e. The third kappa shape index (κ3) is 5.31. The Kier molecular flexibility index (Phi) is 6.74. The van der Waals surface area contributed by atoms with Crippen LogP contribution in [0.15, 0.2) is 18.2 Å². The molecule has 24 heavy (non-hydrogen) atoms. The van der Waals surface area contributed by atoms with Crippen molar-refractivity contribution < 1.29 is 23.0 Å². The van der Waals surface area contributed by atoms with E-state index < -0.39 is 6.61 Å². The molecule has 0 aromatic heterocycles. The number of carbonyl (C=O) groups is 1. The van der Waals surface area contributed by atoms with E-state index in [4.69, 9.17) is 4.74 Å². The normalized spacial score (nSPS) is 16.7. The number of halogens is 2. The lowest BCUT2D eigenvalue weighted by atomic mass is 10.2. The second-order valence-electron chi connectivity index (χ2n) is 5.64. The lowest BCUT2D eigenvalue weighted by molar-refractivity contribution is -0.0502. The summed E-state index contributed by atoms with van der Waals surface area (Å²) in [6.07, 6.45) is 0. The Hall–Kier alpha value is -1.93. The maximum atomic E-state index is 12.3. The molecule has 1 heterocycles. The minimum atomic E-state index is -2.90. The summed E-state index contributed by atoms with van der Waals surface area (Å²) in [4.78, 5) is 14.3. The summed E-state index contributed by atoms with van der Waals surface area (Å²) in [5.41, 5.74) is 0.888. The number of hydrogen-bond donors (Lipinski definition) is 2. The van der Waals surface area contributed by atoms with Gasteiger partial charge in [0.1, 0.15) is 5.75 Å². The molecule has 0 aliphatic carbocycles. The number of urea groups is 1. The third-order valence-corrected chi connectivity index (χ3v) is 3.98. The number of rotatable bonds is 6. The van der Waals surface area contributed by atoms with Gasteiger partial charge < -0.3 is 20.1 Å². The topological polar surface area (TPSA) is 62.8 Å². The molecule has 1 aromatic carbocycles. The highest BCUT2D eigenvalue weighted by atomic mass is 19.3. The summed E-state index contributed by atoms with van der Waals surface area (Å²) in [5.74, 6) is 0.0458. The first-order valence-corrected chi connectivity index (χ1v) is 7.88. The molecular formula is C16H23F2N3O3. The lowest BCUT2D eigenvalue weighted by Gasteiger charge is -2.32. The fraction of sp³-hybridized carbons (Fsp3) is 0.562. The molecule has 1 atom stereocenters. The van der Waals surface area contributed by atoms with Crippen LogP contribution in [0.2, 0.25) is 0 Å². The van der Waals surface area contributed by atoms with Crippen LogP contribution < -0.4 is 15.4 Å². The maximum Gasteiger partial charge on any atom is 0.387 e. The Morgan fingerprint density at radius 3 is 2.75 bits per heavy atom. The quantitative estimate of drug-likeness (QED) is 0.833. The summed E-state index contributed by atoms with van der Waals surface area (Å²) in [7, 11) is 0. The molecular weight excluding hydrogens is 320 g/mol. The predicted octanol–water partition coefficient (Wildman–Crippen LogP) is 2.44. The molecule has 2 rings (SSSR count). The van der Waals surface area contributed by atoms with Gasteiger partial charge in [-0.1, -0.05) is 6.07 Å². The van der Waals surface area contributed by atoms with Crippen LogP contribution in [0, 0.1) is 6.92 Å². The van der Waals surface area contributed by atoms with Gasteiger partial charge in [0, 0.05) is 36.9 Å². The van der Waals surface area contributed by atoms with E-state index in [1.807, 2.05) is 6.92 Å². The zero-order chi connectivity index (χ0) is 17.5. The van der Waals surface area contributed by atoms with Crippen molar-refractivity contribution in [1.82, 2.24) is 10.2 Å². The number of alkyl halides is 2. The van der Waals surface area contributed by atoms with Gasteiger partial charge in [0.25, 0.3) is 0 Å². The predicted molar refractivity (Wildman–Crippen MR) is 86.7 cm³/mol. The van der Waals surface area contributed by atoms with Crippen LogP contribution in [0.4, 0.5) is 19.3 Å². The summed E-state index contributed by atoms with van der Waals surface area (Å²) >= 11 is 0. The maximum absolute atomic E-state index is 12.3. The Bertz CT molecular complexity index is 551. The molecule has 2 N–H and O–H groups in total. The Balaban J connectivity index is 1.85. The van der Waals surface area contributed by atoms with Crippen molar-refractivity contribution in [3.8, 4) is 5.75 Å². The van der Waals surface area contributed by atoms with Crippen LogP contribution in [0.1, 0.15) is 12.5 Å². The van der Waals surface area contributed by atoms with E-state index in [0.717, 1.165) is 13.1 Å². The zero-order valence-corrected chi connectivity index (χ0v) is 13.9. The minimum Gasteiger partial charge on any atom is -0.434 e. The first-order valence-electron chi connectivity index (χ1n) is 7.88. The van der Waals surface area contributed by atoms with Gasteiger partial charge in [-0.15, -0.1) is 0 Å². The molecule has 0 radical (unpaired) electrons. The van der Waals surface area contributed by atoms with E-state index in [-0.39, 0.29) is 17.8 Å². The second-order valence-corrected chi connectivity index (χ2v) is 5.64. The van der Waals surface area contributed by atoms with Crippen molar-refractivity contribution in [2.45, 2.75) is 26.5 Å². The molecule has 134 valence electrons. The molecule has 1 fully saturated rings. The highest BCUT2D eigenvalue weighted by molar-refractivity contribution is 5.90. The average molecular weight is 343 g/mol. The van der Waals surface area contributed by atoms with E-state index in [9.17, 15) is 13.6 Å². The van der Waals surface area contributed by atoms with Crippen LogP contribution in [0.5, 0.6) is 5.75 Å². The minimum absolute atomic E-state index is 0.0458. The molecule has 0 saturated carbocycles. The second kappa shape index (κ2) is 8.79. The molecule has 2 amide bonds. The van der Waals surface area contributed by atoms with Crippen LogP contribution in [0.25, 0.3) is 0 Å². The van der Waals surface area contributed by atoms with Gasteiger partial charge in [0.05, 0.1) is 13.2 Å². The van der Waals surface area contributed by atoms with Gasteiger partial charge in [0.2, 0.25) is 0 Å². The molecule has 0 bridgehead atoms. The van der Waals surface area contributed by atoms with Crippen LogP contribution >= 0.6 is 0 Å². The molecule has 0 unspecified atom stereocenters. The number of amides is 2. The molecule has 1 aromatic rings. The summed E-state index contributed by atoms with van der Waals surface area (Å²) < 4.78 is 34.4. The van der Waals surface area contributed by atoms with Gasteiger partial charge in [-0.3, -0.25) is 4.90 Å². The van der Waals surface area contributed by atoms with Gasteiger partial charge in [0.15, 0.2) is 0 Å². The number of hydrogen-bond acceptors (Lipinski definition) is 4. The summed E-state index contributed by atoms with van der Waals surface area (Å²) in [6, 6.07) is 4.43. The molecule has 1 aliphatic rings. The monoisotopic (exact) mass is 343 g/mol. The van der Waals surface area contributed by atoms with E-state index >= 15 is 0 Å². The zero-order valence-electron chi connectivity index (χ0n) is 13.9. The summed E-state index contributed by atoms with van der Waals surface area (Å²) in [6.45, 7) is 4.32. The number of morpholine rings is 1. The number of carbonyl (C=O) groups excluding carboxylic acids is 1. The SMILES string of the molecule is Cc1c(NC(=O)NC[C@H](C)N2CCOCC2)cccc1OC(F)F. The van der Waals surface area contributed by atoms with Crippen molar-refractivity contribution in [2.75, 3.05) is 38.2 Å². The Morgan fingerprint density at radius 1 is 1.38 bits per heavy atom. The van der Waals surface area contributed by atoms with Crippen molar-refractivity contribution >= 4 is 11.7 Å². The number of nitrogens with one attached hydrogen (secondary N) is 2. The van der Waals surface area contributed by atoms with E-state index in [1.54, 1.807) is 19.1 Å². The van der Waals surface area contributed by atoms with Gasteiger partial charge in [-0.05, 0) is 26.0 Å². The van der Waals surface area contributed by atoms with E-state index in [0.29, 0.717) is 31.0 Å². The number of anilines is 1. The Labute approximate surface area is 140 Å². The van der Waals surface area contributed by atoms with Crippen LogP contribution in [-0.4, -0.2) is 56.4 Å². The number of nitrogens with zero attached hydrogens (tertiary/aromatic N) is 1. The van der Waals surface area contributed by atoms with Crippen molar-refractivity contribution in [2.24, 2.45) is 0 Å². The highest BCUT2D eigenvalue weighted by Gasteiger charge is 2.18. The van der Waals surface area contributed by atoms with Gasteiger partial charge >= 0.3 is 12.6 Å². The van der Waals surface area contributed by atoms with Gasteiger partial charge in [-0.25, -0.2) is 4.79 Å². The van der Waals surface area contributed by atoms with Crippen LogP contribution in [-0.2, 0) is 4.74 Å². The molecule has 6 nitrogen and oxygen atoms in total. The van der Waals surface area contributed by atoms with Crippen molar-refractivity contribution in [3.63, 3.8) is 0 Å². The highest BCUT2D eigenvalue weighted by Crippen LogP contribution is 2.26. The molecule has 1 saturated heterocycles. The summed E-state index contributed by atoms with van der Waals surface area (Å²) in [5, 5.41) is 5.46. The number of benzene rings is 1. The number of ether oxygens (including phenoxy) is 2. The van der Waals surface area contributed by atoms with E-state index in [2.05, 4.69) is 20.3 Å². The average Bonchev–Trinajstić information content (AvgIpc) is 2.56. The molecule has 1 aliphatic heterocycles. The molecule has 0 spiro atoms. The first kappa shape index (κ1) is 18.4. The fourth-order valence-corrected chi connectivity index (χ4v) is 2.53. The standard InChI is InChI=1S/C16H23F2N3O3/c1-11(21-6-8-23-9-7-21)10-19-16(22)20-13-4-3-5-14(12(13)2)24-15(17)18/h3-5,11,15H,6-10H2,1-2H3,(H2,19,20,22)/t11-/m0/s1. The lowest BCUT2D eigenvalue weighted by Crippen LogP contribution is -2.47. The van der Waals surface area contributed by atoms with E-state index in [1.165, 1.54) is 6.07 Å². The fourth-order valence-electron chi connectivity index (χ4n) is 2.53. The molecule has 8 heteroatoms. The van der Waals surface area contributed by atoms with Gasteiger partial charge in [-0.2, -0.15) is 8.78 Å².